The number of carbonyl (C=O) groups is 2. The molecule has 6 nitrogen and oxygen atoms in total. The molecule has 1 aliphatic heterocycles. The second kappa shape index (κ2) is 8.89. The van der Waals surface area contributed by atoms with Crippen LogP contribution in [-0.2, 0) is 4.79 Å². The number of likely N-dealkylation sites (tertiary alicyclic amines) is 1. The zero-order valence-corrected chi connectivity index (χ0v) is 15.1. The molecule has 0 saturated carbocycles. The highest BCUT2D eigenvalue weighted by molar-refractivity contribution is 5.90. The number of para-hydroxylation sites is 1. The lowest BCUT2D eigenvalue weighted by molar-refractivity contribution is -0.126. The monoisotopic (exact) mass is 354 g/mol. The summed E-state index contributed by atoms with van der Waals surface area (Å²) in [6.45, 7) is 5.28. The zero-order valence-electron chi connectivity index (χ0n) is 14.2. The number of halogens is 1. The van der Waals surface area contributed by atoms with E-state index in [1.807, 2.05) is 44.2 Å². The van der Waals surface area contributed by atoms with E-state index in [-0.39, 0.29) is 30.3 Å². The van der Waals surface area contributed by atoms with Crippen molar-refractivity contribution in [1.82, 2.24) is 10.2 Å². The van der Waals surface area contributed by atoms with Crippen LogP contribution in [0.5, 0.6) is 0 Å². The number of urea groups is 1. The lowest BCUT2D eigenvalue weighted by Gasteiger charge is -2.32. The number of nitrogens with zero attached hydrogens (tertiary/aromatic N) is 1. The van der Waals surface area contributed by atoms with Gasteiger partial charge in [0.15, 0.2) is 0 Å². The Kier molecular flexibility index (Phi) is 7.51. The lowest BCUT2D eigenvalue weighted by Crippen LogP contribution is -2.50. The molecule has 1 aliphatic rings. The first-order valence-electron chi connectivity index (χ1n) is 8.03. The van der Waals surface area contributed by atoms with E-state index in [1.165, 1.54) is 0 Å². The molecule has 1 saturated heterocycles. The highest BCUT2D eigenvalue weighted by atomic mass is 35.5. The molecule has 0 radical (unpaired) electrons. The normalized spacial score (nSPS) is 17.6. The molecule has 1 unspecified atom stereocenters. The number of hydrogen-bond donors (Lipinski definition) is 3. The molecule has 1 heterocycles. The number of amides is 3. The molecule has 0 aliphatic carbocycles. The maximum absolute atomic E-state index is 12.3. The molecule has 7 heteroatoms. The van der Waals surface area contributed by atoms with E-state index in [1.54, 1.807) is 4.90 Å². The van der Waals surface area contributed by atoms with E-state index in [9.17, 15) is 9.59 Å². The summed E-state index contributed by atoms with van der Waals surface area (Å²) in [5.74, 6) is -0.201. The number of hydrogen-bond acceptors (Lipinski definition) is 3. The number of anilines is 1. The first-order valence-corrected chi connectivity index (χ1v) is 8.03. The largest absolute Gasteiger partial charge is 0.354 e. The molecule has 0 bridgehead atoms. The Morgan fingerprint density at radius 1 is 1.29 bits per heavy atom. The van der Waals surface area contributed by atoms with Gasteiger partial charge in [-0.05, 0) is 38.8 Å². The fourth-order valence-electron chi connectivity index (χ4n) is 2.56. The summed E-state index contributed by atoms with van der Waals surface area (Å²) in [5.41, 5.74) is 6.21. The molecule has 1 fully saturated rings. The van der Waals surface area contributed by atoms with Gasteiger partial charge in [-0.1, -0.05) is 18.2 Å². The number of piperidine rings is 1. The van der Waals surface area contributed by atoms with Crippen LogP contribution in [0.3, 0.4) is 0 Å². The van der Waals surface area contributed by atoms with E-state index in [4.69, 9.17) is 5.73 Å². The quantitative estimate of drug-likeness (QED) is 0.774. The minimum atomic E-state index is -0.436. The SMILES string of the molecule is CC(C)(N)CNC(=O)C1CCCN(C(=O)Nc2ccccc2)C1.Cl. The third kappa shape index (κ3) is 6.37. The second-order valence-corrected chi connectivity index (χ2v) is 6.79. The number of benzene rings is 1. The van der Waals surface area contributed by atoms with Crippen molar-refractivity contribution in [2.24, 2.45) is 11.7 Å². The number of nitrogens with one attached hydrogen (secondary N) is 2. The van der Waals surface area contributed by atoms with Crippen molar-refractivity contribution >= 4 is 30.0 Å². The van der Waals surface area contributed by atoms with Crippen molar-refractivity contribution in [2.75, 3.05) is 25.0 Å². The van der Waals surface area contributed by atoms with Gasteiger partial charge in [0.1, 0.15) is 0 Å². The fourth-order valence-corrected chi connectivity index (χ4v) is 2.56. The predicted molar refractivity (Wildman–Crippen MR) is 98.3 cm³/mol. The van der Waals surface area contributed by atoms with Gasteiger partial charge >= 0.3 is 6.03 Å². The minimum Gasteiger partial charge on any atom is -0.354 e. The molecule has 0 aromatic heterocycles. The summed E-state index contributed by atoms with van der Waals surface area (Å²) in [5, 5.41) is 5.74. The Morgan fingerprint density at radius 2 is 1.96 bits per heavy atom. The molecule has 3 amide bonds. The molecule has 24 heavy (non-hydrogen) atoms. The Labute approximate surface area is 149 Å². The third-order valence-corrected chi connectivity index (χ3v) is 3.82. The van der Waals surface area contributed by atoms with Gasteiger partial charge in [0.2, 0.25) is 5.91 Å². The fraction of sp³-hybridized carbons (Fsp3) is 0.529. The van der Waals surface area contributed by atoms with Gasteiger partial charge < -0.3 is 21.3 Å². The first kappa shape index (κ1) is 20.3. The zero-order chi connectivity index (χ0) is 16.9. The average Bonchev–Trinajstić information content (AvgIpc) is 2.53. The molecule has 1 aromatic carbocycles. The van der Waals surface area contributed by atoms with Crippen molar-refractivity contribution in [2.45, 2.75) is 32.2 Å². The summed E-state index contributed by atoms with van der Waals surface area (Å²) >= 11 is 0. The molecular weight excluding hydrogens is 328 g/mol. The molecule has 2 rings (SSSR count). The van der Waals surface area contributed by atoms with Gasteiger partial charge in [0, 0.05) is 30.9 Å². The topological polar surface area (TPSA) is 87.5 Å². The van der Waals surface area contributed by atoms with Crippen LogP contribution in [0.15, 0.2) is 30.3 Å². The predicted octanol–water partition coefficient (Wildman–Crippen LogP) is 2.21. The van der Waals surface area contributed by atoms with Gasteiger partial charge in [0.25, 0.3) is 0 Å². The van der Waals surface area contributed by atoms with Crippen LogP contribution >= 0.6 is 12.4 Å². The van der Waals surface area contributed by atoms with E-state index < -0.39 is 5.54 Å². The van der Waals surface area contributed by atoms with Crippen LogP contribution in [0.2, 0.25) is 0 Å². The van der Waals surface area contributed by atoms with Crippen molar-refractivity contribution in [3.63, 3.8) is 0 Å². The van der Waals surface area contributed by atoms with Gasteiger partial charge in [-0.25, -0.2) is 4.79 Å². The summed E-state index contributed by atoms with van der Waals surface area (Å²) in [4.78, 5) is 26.3. The van der Waals surface area contributed by atoms with Gasteiger partial charge in [0.05, 0.1) is 5.92 Å². The van der Waals surface area contributed by atoms with Crippen molar-refractivity contribution in [3.8, 4) is 0 Å². The van der Waals surface area contributed by atoms with Crippen molar-refractivity contribution in [3.05, 3.63) is 30.3 Å². The molecule has 0 spiro atoms. The van der Waals surface area contributed by atoms with E-state index in [0.29, 0.717) is 19.6 Å². The van der Waals surface area contributed by atoms with Crippen molar-refractivity contribution < 1.29 is 9.59 Å². The summed E-state index contributed by atoms with van der Waals surface area (Å²) in [6.07, 6.45) is 1.62. The maximum atomic E-state index is 12.3. The number of rotatable bonds is 4. The Balaban J connectivity index is 0.00000288. The number of nitrogens with two attached hydrogens (primary N) is 1. The Bertz CT molecular complexity index is 545. The molecule has 134 valence electrons. The second-order valence-electron chi connectivity index (χ2n) is 6.79. The van der Waals surface area contributed by atoms with E-state index in [0.717, 1.165) is 18.5 Å². The first-order chi connectivity index (χ1) is 10.8. The molecular formula is C17H27ClN4O2. The Morgan fingerprint density at radius 3 is 2.58 bits per heavy atom. The smallest absolute Gasteiger partial charge is 0.321 e. The summed E-state index contributed by atoms with van der Waals surface area (Å²) < 4.78 is 0. The molecule has 4 N–H and O–H groups in total. The lowest BCUT2D eigenvalue weighted by atomic mass is 9.97. The van der Waals surface area contributed by atoms with Gasteiger partial charge in [-0.15, -0.1) is 12.4 Å². The summed E-state index contributed by atoms with van der Waals surface area (Å²) in [6, 6.07) is 9.17. The van der Waals surface area contributed by atoms with Crippen LogP contribution in [0.4, 0.5) is 10.5 Å². The van der Waals surface area contributed by atoms with Crippen LogP contribution in [0, 0.1) is 5.92 Å². The molecule has 1 atom stereocenters. The highest BCUT2D eigenvalue weighted by Gasteiger charge is 2.29. The molecule has 1 aromatic rings. The average molecular weight is 355 g/mol. The standard InChI is InChI=1S/C17H26N4O2.ClH/c1-17(2,18)12-19-15(22)13-7-6-10-21(11-13)16(23)20-14-8-4-3-5-9-14;/h3-5,8-9,13H,6-7,10-12,18H2,1-2H3,(H,19,22)(H,20,23);1H. The Hall–Kier alpha value is -1.79. The van der Waals surface area contributed by atoms with Crippen LogP contribution in [-0.4, -0.2) is 42.0 Å². The van der Waals surface area contributed by atoms with E-state index in [2.05, 4.69) is 10.6 Å². The van der Waals surface area contributed by atoms with E-state index >= 15 is 0 Å². The van der Waals surface area contributed by atoms with Crippen LogP contribution in [0.25, 0.3) is 0 Å². The number of carbonyl (C=O) groups excluding carboxylic acids is 2. The van der Waals surface area contributed by atoms with Crippen LogP contribution in [0.1, 0.15) is 26.7 Å². The van der Waals surface area contributed by atoms with Crippen LogP contribution < -0.4 is 16.4 Å². The van der Waals surface area contributed by atoms with Gasteiger partial charge in [-0.2, -0.15) is 0 Å². The van der Waals surface area contributed by atoms with Gasteiger partial charge in [-0.3, -0.25) is 4.79 Å². The maximum Gasteiger partial charge on any atom is 0.321 e. The highest BCUT2D eigenvalue weighted by Crippen LogP contribution is 2.18. The summed E-state index contributed by atoms with van der Waals surface area (Å²) in [7, 11) is 0. The van der Waals surface area contributed by atoms with Crippen molar-refractivity contribution in [1.29, 1.82) is 0 Å². The minimum absolute atomic E-state index is 0. The third-order valence-electron chi connectivity index (χ3n) is 3.82.